The van der Waals surface area contributed by atoms with Crippen molar-refractivity contribution in [1.82, 2.24) is 4.90 Å². The number of hydrogen-bond donors (Lipinski definition) is 0. The van der Waals surface area contributed by atoms with Crippen molar-refractivity contribution in [2.75, 3.05) is 13.1 Å². The first kappa shape index (κ1) is 4.80. The zero-order chi connectivity index (χ0) is 5.56. The topological polar surface area (TPSA) is 3.24 Å². The largest absolute Gasteiger partial charge is 0.300 e. The maximum absolute atomic E-state index is 2.58. The highest BCUT2D eigenvalue weighted by molar-refractivity contribution is 4.92. The lowest BCUT2D eigenvalue weighted by Gasteiger charge is -2.51. The van der Waals surface area contributed by atoms with Crippen molar-refractivity contribution in [3.05, 3.63) is 0 Å². The van der Waals surface area contributed by atoms with E-state index in [0.717, 1.165) is 12.0 Å². The van der Waals surface area contributed by atoms with Crippen LogP contribution in [0.4, 0.5) is 0 Å². The summed E-state index contributed by atoms with van der Waals surface area (Å²) in [4.78, 5) is 2.58. The standard InChI is InChI=1S/C7H13N/c1-6-7-3-2-4-8(6)5-7/h6-7H,2-5H2,1H3. The van der Waals surface area contributed by atoms with Gasteiger partial charge in [0.2, 0.25) is 0 Å². The van der Waals surface area contributed by atoms with Crippen LogP contribution in [0.15, 0.2) is 0 Å². The molecular formula is C7H13N. The van der Waals surface area contributed by atoms with Crippen LogP contribution >= 0.6 is 0 Å². The lowest BCUT2D eigenvalue weighted by Crippen LogP contribution is -2.57. The van der Waals surface area contributed by atoms with Gasteiger partial charge in [0.1, 0.15) is 0 Å². The minimum atomic E-state index is 0.934. The maximum atomic E-state index is 2.58. The van der Waals surface area contributed by atoms with Gasteiger partial charge in [-0.25, -0.2) is 0 Å². The molecule has 2 bridgehead atoms. The molecule has 3 unspecified atom stereocenters. The van der Waals surface area contributed by atoms with E-state index in [9.17, 15) is 0 Å². The van der Waals surface area contributed by atoms with E-state index >= 15 is 0 Å². The predicted molar refractivity (Wildman–Crippen MR) is 33.8 cm³/mol. The van der Waals surface area contributed by atoms with Gasteiger partial charge in [0.15, 0.2) is 0 Å². The molecule has 0 radical (unpaired) electrons. The molecule has 0 aromatic heterocycles. The van der Waals surface area contributed by atoms with Crippen LogP contribution < -0.4 is 0 Å². The number of piperidine rings is 2. The Hall–Kier alpha value is -0.0400. The highest BCUT2D eigenvalue weighted by Gasteiger charge is 2.37. The van der Waals surface area contributed by atoms with Crippen molar-refractivity contribution in [1.29, 1.82) is 0 Å². The van der Waals surface area contributed by atoms with E-state index in [-0.39, 0.29) is 0 Å². The second-order valence-electron chi connectivity index (χ2n) is 3.14. The van der Waals surface area contributed by atoms with Gasteiger partial charge in [-0.05, 0) is 32.2 Å². The average Bonchev–Trinajstić information content (AvgIpc) is 1.89. The lowest BCUT2D eigenvalue weighted by atomic mass is 9.81. The monoisotopic (exact) mass is 111 g/mol. The molecule has 0 saturated carbocycles. The molecule has 0 aromatic rings. The van der Waals surface area contributed by atoms with E-state index < -0.39 is 0 Å². The Morgan fingerprint density at radius 1 is 1.50 bits per heavy atom. The Morgan fingerprint density at radius 2 is 2.38 bits per heavy atom. The van der Waals surface area contributed by atoms with E-state index in [1.54, 1.807) is 0 Å². The molecule has 0 aliphatic carbocycles. The van der Waals surface area contributed by atoms with Gasteiger partial charge in [0.25, 0.3) is 0 Å². The molecular weight excluding hydrogens is 98.1 g/mol. The molecule has 46 valence electrons. The minimum Gasteiger partial charge on any atom is -0.300 e. The maximum Gasteiger partial charge on any atom is 0.0107 e. The summed E-state index contributed by atoms with van der Waals surface area (Å²) in [6.45, 7) is 5.13. The van der Waals surface area contributed by atoms with Crippen molar-refractivity contribution in [2.45, 2.75) is 25.8 Å². The first-order valence-corrected chi connectivity index (χ1v) is 3.62. The van der Waals surface area contributed by atoms with Crippen LogP contribution in [-0.4, -0.2) is 24.0 Å². The quantitative estimate of drug-likeness (QED) is 0.452. The van der Waals surface area contributed by atoms with Crippen LogP contribution in [-0.2, 0) is 0 Å². The van der Waals surface area contributed by atoms with Gasteiger partial charge in [0, 0.05) is 12.6 Å². The van der Waals surface area contributed by atoms with Crippen LogP contribution in [0.5, 0.6) is 0 Å². The van der Waals surface area contributed by atoms with Crippen LogP contribution in [0.3, 0.4) is 0 Å². The van der Waals surface area contributed by atoms with Crippen molar-refractivity contribution in [3.8, 4) is 0 Å². The van der Waals surface area contributed by atoms with E-state index in [1.807, 2.05) is 0 Å². The molecule has 3 rings (SSSR count). The second-order valence-corrected chi connectivity index (χ2v) is 3.14. The predicted octanol–water partition coefficient (Wildman–Crippen LogP) is 1.10. The normalized spacial score (nSPS) is 52.9. The lowest BCUT2D eigenvalue weighted by molar-refractivity contribution is -0.0171. The Bertz CT molecular complexity index is 86.6. The molecule has 0 amide bonds. The molecule has 3 aliphatic rings. The number of nitrogens with zero attached hydrogens (tertiary/aromatic N) is 1. The van der Waals surface area contributed by atoms with Crippen molar-refractivity contribution in [2.24, 2.45) is 5.92 Å². The highest BCUT2D eigenvalue weighted by atomic mass is 15.2. The fourth-order valence-electron chi connectivity index (χ4n) is 1.96. The zero-order valence-corrected chi connectivity index (χ0v) is 5.43. The Kier molecular flexibility index (Phi) is 0.884. The van der Waals surface area contributed by atoms with Crippen LogP contribution in [0.25, 0.3) is 0 Å². The summed E-state index contributed by atoms with van der Waals surface area (Å²) in [5.41, 5.74) is 0. The van der Waals surface area contributed by atoms with Gasteiger partial charge >= 0.3 is 0 Å². The summed E-state index contributed by atoms with van der Waals surface area (Å²) in [6, 6.07) is 0.934. The molecule has 0 spiro atoms. The Labute approximate surface area is 50.7 Å². The first-order valence-electron chi connectivity index (χ1n) is 3.62. The van der Waals surface area contributed by atoms with Crippen molar-refractivity contribution < 1.29 is 0 Å². The molecule has 3 heterocycles. The third kappa shape index (κ3) is 0.455. The van der Waals surface area contributed by atoms with E-state index in [4.69, 9.17) is 0 Å². The summed E-state index contributed by atoms with van der Waals surface area (Å²) in [7, 11) is 0. The van der Waals surface area contributed by atoms with Gasteiger partial charge in [-0.3, -0.25) is 0 Å². The van der Waals surface area contributed by atoms with Crippen LogP contribution in [0, 0.1) is 5.92 Å². The van der Waals surface area contributed by atoms with E-state index in [0.29, 0.717) is 0 Å². The zero-order valence-electron chi connectivity index (χ0n) is 5.43. The van der Waals surface area contributed by atoms with Gasteiger partial charge in [-0.15, -0.1) is 0 Å². The number of hydrogen-bond acceptors (Lipinski definition) is 1. The Balaban J connectivity index is 2.03. The minimum absolute atomic E-state index is 0.934. The third-order valence-corrected chi connectivity index (χ3v) is 2.75. The smallest absolute Gasteiger partial charge is 0.0107 e. The molecule has 8 heavy (non-hydrogen) atoms. The summed E-state index contributed by atoms with van der Waals surface area (Å²) in [5, 5.41) is 0. The molecule has 3 atom stereocenters. The number of rotatable bonds is 0. The summed E-state index contributed by atoms with van der Waals surface area (Å²) in [6.07, 6.45) is 2.95. The van der Waals surface area contributed by atoms with Gasteiger partial charge in [-0.2, -0.15) is 0 Å². The first-order chi connectivity index (χ1) is 3.88. The second kappa shape index (κ2) is 1.47. The van der Waals surface area contributed by atoms with Gasteiger partial charge in [-0.1, -0.05) is 0 Å². The SMILES string of the molecule is CC1C2CCCN1C2. The summed E-state index contributed by atoms with van der Waals surface area (Å²) in [5.74, 6) is 1.07. The fourth-order valence-corrected chi connectivity index (χ4v) is 1.96. The average molecular weight is 111 g/mol. The van der Waals surface area contributed by atoms with Crippen LogP contribution in [0.1, 0.15) is 19.8 Å². The summed E-state index contributed by atoms with van der Waals surface area (Å²) >= 11 is 0. The molecule has 0 N–H and O–H groups in total. The highest BCUT2D eigenvalue weighted by Crippen LogP contribution is 2.33. The van der Waals surface area contributed by atoms with E-state index in [2.05, 4.69) is 11.8 Å². The number of fused-ring (bicyclic) bond motifs is 2. The van der Waals surface area contributed by atoms with Crippen LogP contribution in [0.2, 0.25) is 0 Å². The Morgan fingerprint density at radius 3 is 2.62 bits per heavy atom. The van der Waals surface area contributed by atoms with E-state index in [1.165, 1.54) is 25.9 Å². The third-order valence-electron chi connectivity index (χ3n) is 2.75. The molecule has 0 aromatic carbocycles. The summed E-state index contributed by atoms with van der Waals surface area (Å²) < 4.78 is 0. The van der Waals surface area contributed by atoms with Crippen molar-refractivity contribution in [3.63, 3.8) is 0 Å². The fraction of sp³-hybridized carbons (Fsp3) is 1.00. The molecule has 3 aliphatic heterocycles. The molecule has 1 nitrogen and oxygen atoms in total. The molecule has 3 saturated heterocycles. The van der Waals surface area contributed by atoms with Crippen molar-refractivity contribution >= 4 is 0 Å². The van der Waals surface area contributed by atoms with Gasteiger partial charge in [0.05, 0.1) is 0 Å². The molecule has 1 heteroatoms. The van der Waals surface area contributed by atoms with Gasteiger partial charge < -0.3 is 4.90 Å². The molecule has 3 fully saturated rings.